The quantitative estimate of drug-likeness (QED) is 0.898. The van der Waals surface area contributed by atoms with Crippen LogP contribution in [0.2, 0.25) is 0 Å². The van der Waals surface area contributed by atoms with Crippen molar-refractivity contribution < 1.29 is 9.50 Å². The van der Waals surface area contributed by atoms with Gasteiger partial charge in [0.25, 0.3) is 0 Å². The normalized spacial score (nSPS) is 12.2. The summed E-state index contributed by atoms with van der Waals surface area (Å²) >= 11 is 0. The highest BCUT2D eigenvalue weighted by Gasteiger charge is 2.10. The van der Waals surface area contributed by atoms with Crippen LogP contribution < -0.4 is 4.90 Å². The van der Waals surface area contributed by atoms with Gasteiger partial charge in [-0.15, -0.1) is 0 Å². The van der Waals surface area contributed by atoms with Crippen molar-refractivity contribution in [2.75, 3.05) is 19.0 Å². The van der Waals surface area contributed by atoms with Crippen molar-refractivity contribution in [1.29, 1.82) is 0 Å². The number of nitrogens with zero attached hydrogens (tertiary/aromatic N) is 1. The molecule has 0 saturated carbocycles. The lowest BCUT2D eigenvalue weighted by molar-refractivity contribution is 0.220. The molecule has 0 heterocycles. The van der Waals surface area contributed by atoms with Crippen molar-refractivity contribution in [1.82, 2.24) is 0 Å². The Bertz CT molecular complexity index is 505. The van der Waals surface area contributed by atoms with Crippen LogP contribution in [0.25, 0.3) is 0 Å². The molecule has 0 saturated heterocycles. The maximum Gasteiger partial charge on any atom is 0.123 e. The molecule has 1 N–H and O–H groups in total. The molecule has 18 heavy (non-hydrogen) atoms. The number of aliphatic hydroxyl groups is 1. The maximum absolute atomic E-state index is 12.8. The van der Waals surface area contributed by atoms with E-state index in [0.29, 0.717) is 5.56 Å². The van der Waals surface area contributed by atoms with Gasteiger partial charge < -0.3 is 10.0 Å². The molecule has 0 unspecified atom stereocenters. The third-order valence-corrected chi connectivity index (χ3v) is 2.91. The van der Waals surface area contributed by atoms with E-state index in [4.69, 9.17) is 0 Å². The minimum absolute atomic E-state index is 0.297. The Kier molecular flexibility index (Phi) is 3.63. The molecular weight excluding hydrogens is 229 g/mol. The molecule has 0 aliphatic heterocycles. The topological polar surface area (TPSA) is 23.5 Å². The molecule has 0 radical (unpaired) electrons. The first-order valence-electron chi connectivity index (χ1n) is 5.79. The van der Waals surface area contributed by atoms with Crippen molar-refractivity contribution >= 4 is 5.69 Å². The van der Waals surface area contributed by atoms with E-state index in [1.54, 1.807) is 12.1 Å². The average molecular weight is 245 g/mol. The second-order valence-electron chi connectivity index (χ2n) is 4.44. The van der Waals surface area contributed by atoms with Gasteiger partial charge in [-0.25, -0.2) is 4.39 Å². The van der Waals surface area contributed by atoms with E-state index >= 15 is 0 Å². The lowest BCUT2D eigenvalue weighted by atomic mass is 10.0. The van der Waals surface area contributed by atoms with Gasteiger partial charge in [-0.2, -0.15) is 0 Å². The lowest BCUT2D eigenvalue weighted by Gasteiger charge is -2.15. The van der Waals surface area contributed by atoms with Gasteiger partial charge >= 0.3 is 0 Å². The SMILES string of the molecule is CN(C)c1ccc([C@@H](O)c2ccc(F)cc2)cc1. The molecule has 0 amide bonds. The lowest BCUT2D eigenvalue weighted by Crippen LogP contribution is -2.08. The van der Waals surface area contributed by atoms with Crippen LogP contribution in [0.4, 0.5) is 10.1 Å². The largest absolute Gasteiger partial charge is 0.384 e. The zero-order valence-electron chi connectivity index (χ0n) is 10.5. The molecule has 94 valence electrons. The fourth-order valence-electron chi connectivity index (χ4n) is 1.79. The van der Waals surface area contributed by atoms with Crippen molar-refractivity contribution in [2.24, 2.45) is 0 Å². The van der Waals surface area contributed by atoms with Crippen LogP contribution >= 0.6 is 0 Å². The van der Waals surface area contributed by atoms with E-state index in [9.17, 15) is 9.50 Å². The van der Waals surface area contributed by atoms with Gasteiger partial charge in [-0.3, -0.25) is 0 Å². The molecule has 0 aliphatic rings. The van der Waals surface area contributed by atoms with Crippen LogP contribution in [0.5, 0.6) is 0 Å². The molecule has 0 aliphatic carbocycles. The summed E-state index contributed by atoms with van der Waals surface area (Å²) in [5.41, 5.74) is 2.56. The van der Waals surface area contributed by atoms with Crippen LogP contribution in [-0.2, 0) is 0 Å². The Morgan fingerprint density at radius 1 is 0.889 bits per heavy atom. The second-order valence-corrected chi connectivity index (χ2v) is 4.44. The molecule has 2 rings (SSSR count). The highest BCUT2D eigenvalue weighted by atomic mass is 19.1. The minimum Gasteiger partial charge on any atom is -0.384 e. The average Bonchev–Trinajstić information content (AvgIpc) is 2.39. The molecule has 3 heteroatoms. The molecule has 0 bridgehead atoms. The maximum atomic E-state index is 12.8. The molecular formula is C15H16FNO. The van der Waals surface area contributed by atoms with Crippen LogP contribution in [0.1, 0.15) is 17.2 Å². The van der Waals surface area contributed by atoms with E-state index in [-0.39, 0.29) is 5.82 Å². The third kappa shape index (κ3) is 2.68. The summed E-state index contributed by atoms with van der Waals surface area (Å²) in [5.74, 6) is -0.297. The van der Waals surface area contributed by atoms with Gasteiger partial charge in [-0.1, -0.05) is 24.3 Å². The van der Waals surface area contributed by atoms with Gasteiger partial charge in [0.05, 0.1) is 0 Å². The fraction of sp³-hybridized carbons (Fsp3) is 0.200. The number of hydrogen-bond acceptors (Lipinski definition) is 2. The monoisotopic (exact) mass is 245 g/mol. The summed E-state index contributed by atoms with van der Waals surface area (Å²) < 4.78 is 12.8. The van der Waals surface area contributed by atoms with Crippen LogP contribution in [-0.4, -0.2) is 19.2 Å². The van der Waals surface area contributed by atoms with Crippen molar-refractivity contribution in [3.8, 4) is 0 Å². The van der Waals surface area contributed by atoms with Gasteiger partial charge in [0.1, 0.15) is 11.9 Å². The van der Waals surface area contributed by atoms with Crippen LogP contribution in [0.3, 0.4) is 0 Å². The van der Waals surface area contributed by atoms with E-state index in [1.807, 2.05) is 43.3 Å². The third-order valence-electron chi connectivity index (χ3n) is 2.91. The van der Waals surface area contributed by atoms with Gasteiger partial charge in [0.15, 0.2) is 0 Å². The Labute approximate surface area is 106 Å². The molecule has 0 spiro atoms. The fourth-order valence-corrected chi connectivity index (χ4v) is 1.79. The first kappa shape index (κ1) is 12.6. The molecule has 2 aromatic carbocycles. The van der Waals surface area contributed by atoms with Crippen molar-refractivity contribution in [3.05, 3.63) is 65.5 Å². The van der Waals surface area contributed by atoms with E-state index < -0.39 is 6.10 Å². The first-order chi connectivity index (χ1) is 8.58. The second kappa shape index (κ2) is 5.19. The molecule has 2 aromatic rings. The number of halogens is 1. The standard InChI is InChI=1S/C15H16FNO/c1-17(2)14-9-5-12(6-10-14)15(18)11-3-7-13(16)8-4-11/h3-10,15,18H,1-2H3/t15-/m0/s1. The van der Waals surface area contributed by atoms with E-state index in [0.717, 1.165) is 11.3 Å². The van der Waals surface area contributed by atoms with Crippen molar-refractivity contribution in [2.45, 2.75) is 6.10 Å². The summed E-state index contributed by atoms with van der Waals surface area (Å²) in [7, 11) is 3.93. The van der Waals surface area contributed by atoms with Gasteiger partial charge in [-0.05, 0) is 35.4 Å². The van der Waals surface area contributed by atoms with E-state index in [2.05, 4.69) is 0 Å². The number of aliphatic hydroxyl groups excluding tert-OH is 1. The molecule has 0 aromatic heterocycles. The highest BCUT2D eigenvalue weighted by molar-refractivity contribution is 5.47. The van der Waals surface area contributed by atoms with Gasteiger partial charge in [0, 0.05) is 19.8 Å². The summed E-state index contributed by atoms with van der Waals surface area (Å²) in [5, 5.41) is 10.2. The zero-order chi connectivity index (χ0) is 13.1. The number of rotatable bonds is 3. The smallest absolute Gasteiger partial charge is 0.123 e. The Morgan fingerprint density at radius 2 is 1.33 bits per heavy atom. The Balaban J connectivity index is 2.23. The summed E-state index contributed by atoms with van der Waals surface area (Å²) in [6, 6.07) is 13.6. The number of benzene rings is 2. The minimum atomic E-state index is -0.721. The summed E-state index contributed by atoms with van der Waals surface area (Å²) in [4.78, 5) is 1.99. The van der Waals surface area contributed by atoms with Gasteiger partial charge in [0.2, 0.25) is 0 Å². The predicted octanol–water partition coefficient (Wildman–Crippen LogP) is 2.97. The summed E-state index contributed by atoms with van der Waals surface area (Å²) in [6.07, 6.45) is -0.721. The molecule has 0 fully saturated rings. The zero-order valence-corrected chi connectivity index (χ0v) is 10.5. The Morgan fingerprint density at radius 3 is 1.78 bits per heavy atom. The highest BCUT2D eigenvalue weighted by Crippen LogP contribution is 2.24. The molecule has 1 atom stereocenters. The summed E-state index contributed by atoms with van der Waals surface area (Å²) in [6.45, 7) is 0. The Hall–Kier alpha value is -1.87. The van der Waals surface area contributed by atoms with Crippen LogP contribution in [0.15, 0.2) is 48.5 Å². The van der Waals surface area contributed by atoms with E-state index in [1.165, 1.54) is 12.1 Å². The van der Waals surface area contributed by atoms with Crippen LogP contribution in [0, 0.1) is 5.82 Å². The predicted molar refractivity (Wildman–Crippen MR) is 71.2 cm³/mol. The number of hydrogen-bond donors (Lipinski definition) is 1. The number of anilines is 1. The molecule has 2 nitrogen and oxygen atoms in total. The first-order valence-corrected chi connectivity index (χ1v) is 5.79. The van der Waals surface area contributed by atoms with Crippen molar-refractivity contribution in [3.63, 3.8) is 0 Å².